The van der Waals surface area contributed by atoms with Crippen LogP contribution in [0.4, 0.5) is 11.4 Å². The van der Waals surface area contributed by atoms with Crippen LogP contribution < -0.4 is 15.4 Å². The summed E-state index contributed by atoms with van der Waals surface area (Å²) in [7, 11) is 0. The van der Waals surface area contributed by atoms with Crippen molar-refractivity contribution in [2.24, 2.45) is 0 Å². The number of carbonyl (C=O) groups excluding carboxylic acids is 1. The lowest BCUT2D eigenvalue weighted by Gasteiger charge is -2.29. The quantitative estimate of drug-likeness (QED) is 0.790. The summed E-state index contributed by atoms with van der Waals surface area (Å²) in [5.74, 6) is 0.643. The summed E-state index contributed by atoms with van der Waals surface area (Å²) in [5, 5.41) is 0. The molecule has 0 radical (unpaired) electrons. The molecular formula is C12H16N2O2. The highest BCUT2D eigenvalue weighted by atomic mass is 16.5. The van der Waals surface area contributed by atoms with Crippen LogP contribution >= 0.6 is 0 Å². The van der Waals surface area contributed by atoms with Crippen molar-refractivity contribution in [2.75, 3.05) is 23.8 Å². The first-order chi connectivity index (χ1) is 7.74. The van der Waals surface area contributed by atoms with Crippen molar-refractivity contribution in [3.8, 4) is 5.75 Å². The zero-order chi connectivity index (χ0) is 11.5. The molecule has 0 aromatic heterocycles. The fourth-order valence-corrected chi connectivity index (χ4v) is 1.82. The van der Waals surface area contributed by atoms with Gasteiger partial charge in [0.25, 0.3) is 5.91 Å². The third-order valence-corrected chi connectivity index (χ3v) is 2.69. The number of para-hydroxylation sites is 1. The smallest absolute Gasteiger partial charge is 0.265 e. The summed E-state index contributed by atoms with van der Waals surface area (Å²) in [4.78, 5) is 13.5. The molecule has 0 atom stereocenters. The van der Waals surface area contributed by atoms with Crippen LogP contribution in [0.2, 0.25) is 0 Å². The van der Waals surface area contributed by atoms with Crippen molar-refractivity contribution in [2.45, 2.75) is 19.8 Å². The molecule has 0 aliphatic carbocycles. The summed E-state index contributed by atoms with van der Waals surface area (Å²) < 4.78 is 5.36. The molecule has 0 fully saturated rings. The maximum absolute atomic E-state index is 11.7. The summed E-state index contributed by atoms with van der Waals surface area (Å²) in [6.45, 7) is 2.92. The van der Waals surface area contributed by atoms with Crippen molar-refractivity contribution in [1.82, 2.24) is 0 Å². The second-order valence-corrected chi connectivity index (χ2v) is 3.88. The highest BCUT2D eigenvalue weighted by molar-refractivity contribution is 5.99. The maximum atomic E-state index is 11.7. The number of hydrogen-bond acceptors (Lipinski definition) is 3. The van der Waals surface area contributed by atoms with Gasteiger partial charge in [0.15, 0.2) is 12.4 Å². The number of rotatable bonds is 3. The lowest BCUT2D eigenvalue weighted by Crippen LogP contribution is -2.39. The SMILES string of the molecule is CCCCN1C(=O)COc2c(N)cccc21. The summed E-state index contributed by atoms with van der Waals surface area (Å²) in [6, 6.07) is 5.50. The first kappa shape index (κ1) is 10.8. The van der Waals surface area contributed by atoms with Gasteiger partial charge in [-0.2, -0.15) is 0 Å². The van der Waals surface area contributed by atoms with E-state index in [1.165, 1.54) is 0 Å². The Labute approximate surface area is 95.0 Å². The van der Waals surface area contributed by atoms with Crippen molar-refractivity contribution in [1.29, 1.82) is 0 Å². The summed E-state index contributed by atoms with van der Waals surface area (Å²) in [6.07, 6.45) is 2.04. The van der Waals surface area contributed by atoms with E-state index in [0.717, 1.165) is 25.1 Å². The molecule has 2 N–H and O–H groups in total. The van der Waals surface area contributed by atoms with Gasteiger partial charge in [-0.05, 0) is 18.6 Å². The van der Waals surface area contributed by atoms with Gasteiger partial charge in [0.1, 0.15) is 0 Å². The molecule has 0 unspecified atom stereocenters. The monoisotopic (exact) mass is 220 g/mol. The van der Waals surface area contributed by atoms with E-state index < -0.39 is 0 Å². The van der Waals surface area contributed by atoms with Crippen LogP contribution in [0.1, 0.15) is 19.8 Å². The molecule has 4 heteroatoms. The van der Waals surface area contributed by atoms with Gasteiger partial charge in [0.05, 0.1) is 11.4 Å². The Morgan fingerprint density at radius 2 is 2.31 bits per heavy atom. The largest absolute Gasteiger partial charge is 0.479 e. The van der Waals surface area contributed by atoms with E-state index in [9.17, 15) is 4.79 Å². The second-order valence-electron chi connectivity index (χ2n) is 3.88. The molecule has 0 bridgehead atoms. The van der Waals surface area contributed by atoms with E-state index in [1.54, 1.807) is 11.0 Å². The van der Waals surface area contributed by atoms with Crippen molar-refractivity contribution in [3.05, 3.63) is 18.2 Å². The van der Waals surface area contributed by atoms with E-state index in [1.807, 2.05) is 12.1 Å². The average Bonchev–Trinajstić information content (AvgIpc) is 2.28. The predicted molar refractivity (Wildman–Crippen MR) is 63.6 cm³/mol. The molecule has 0 spiro atoms. The predicted octanol–water partition coefficient (Wildman–Crippen LogP) is 1.79. The lowest BCUT2D eigenvalue weighted by atomic mass is 10.2. The first-order valence-electron chi connectivity index (χ1n) is 5.55. The molecule has 16 heavy (non-hydrogen) atoms. The van der Waals surface area contributed by atoms with E-state index in [-0.39, 0.29) is 12.5 Å². The summed E-state index contributed by atoms with van der Waals surface area (Å²) >= 11 is 0. The van der Waals surface area contributed by atoms with Crippen LogP contribution in [0, 0.1) is 0 Å². The molecular weight excluding hydrogens is 204 g/mol. The zero-order valence-corrected chi connectivity index (χ0v) is 9.40. The molecule has 86 valence electrons. The molecule has 0 saturated heterocycles. The molecule has 2 rings (SSSR count). The number of carbonyl (C=O) groups is 1. The standard InChI is InChI=1S/C12H16N2O2/c1-2-3-7-14-10-6-4-5-9(13)12(10)16-8-11(14)15/h4-6H,2-3,7-8,13H2,1H3. The number of unbranched alkanes of at least 4 members (excludes halogenated alkanes) is 1. The van der Waals surface area contributed by atoms with Gasteiger partial charge < -0.3 is 15.4 Å². The minimum atomic E-state index is 0.00606. The fourth-order valence-electron chi connectivity index (χ4n) is 1.82. The third-order valence-electron chi connectivity index (χ3n) is 2.69. The molecule has 4 nitrogen and oxygen atoms in total. The second kappa shape index (κ2) is 4.43. The van der Waals surface area contributed by atoms with Gasteiger partial charge in [0, 0.05) is 6.54 Å². The number of hydrogen-bond donors (Lipinski definition) is 1. The highest BCUT2D eigenvalue weighted by Gasteiger charge is 2.25. The number of nitrogens with two attached hydrogens (primary N) is 1. The maximum Gasteiger partial charge on any atom is 0.265 e. The van der Waals surface area contributed by atoms with Gasteiger partial charge in [-0.15, -0.1) is 0 Å². The molecule has 1 aliphatic heterocycles. The highest BCUT2D eigenvalue weighted by Crippen LogP contribution is 2.36. The van der Waals surface area contributed by atoms with Gasteiger partial charge in [-0.3, -0.25) is 4.79 Å². The number of nitrogens with zero attached hydrogens (tertiary/aromatic N) is 1. The van der Waals surface area contributed by atoms with Crippen LogP contribution in [-0.4, -0.2) is 19.1 Å². The number of benzene rings is 1. The Kier molecular flexibility index (Phi) is 2.99. The van der Waals surface area contributed by atoms with Crippen LogP contribution in [-0.2, 0) is 4.79 Å². The Bertz CT molecular complexity index is 404. The number of nitrogen functional groups attached to an aromatic ring is 1. The van der Waals surface area contributed by atoms with E-state index in [4.69, 9.17) is 10.5 Å². The van der Waals surface area contributed by atoms with Crippen molar-refractivity contribution in [3.63, 3.8) is 0 Å². The van der Waals surface area contributed by atoms with Crippen LogP contribution in [0.3, 0.4) is 0 Å². The molecule has 1 aromatic rings. The average molecular weight is 220 g/mol. The van der Waals surface area contributed by atoms with Gasteiger partial charge in [-0.25, -0.2) is 0 Å². The Balaban J connectivity index is 2.32. The van der Waals surface area contributed by atoms with Crippen LogP contribution in [0.5, 0.6) is 5.75 Å². The number of ether oxygens (including phenoxy) is 1. The van der Waals surface area contributed by atoms with E-state index in [2.05, 4.69) is 6.92 Å². The topological polar surface area (TPSA) is 55.6 Å². The van der Waals surface area contributed by atoms with E-state index in [0.29, 0.717) is 11.4 Å². The molecule has 1 aliphatic rings. The van der Waals surface area contributed by atoms with Gasteiger partial charge in [0.2, 0.25) is 0 Å². The molecule has 1 aromatic carbocycles. The molecule has 1 amide bonds. The first-order valence-corrected chi connectivity index (χ1v) is 5.55. The Morgan fingerprint density at radius 1 is 1.50 bits per heavy atom. The lowest BCUT2D eigenvalue weighted by molar-refractivity contribution is -0.121. The van der Waals surface area contributed by atoms with Crippen molar-refractivity contribution >= 4 is 17.3 Å². The van der Waals surface area contributed by atoms with Gasteiger partial charge >= 0.3 is 0 Å². The fraction of sp³-hybridized carbons (Fsp3) is 0.417. The minimum Gasteiger partial charge on any atom is -0.479 e. The van der Waals surface area contributed by atoms with Crippen LogP contribution in [0.15, 0.2) is 18.2 Å². The van der Waals surface area contributed by atoms with Crippen molar-refractivity contribution < 1.29 is 9.53 Å². The zero-order valence-electron chi connectivity index (χ0n) is 9.40. The number of fused-ring (bicyclic) bond motifs is 1. The van der Waals surface area contributed by atoms with Gasteiger partial charge in [-0.1, -0.05) is 19.4 Å². The van der Waals surface area contributed by atoms with Crippen LogP contribution in [0.25, 0.3) is 0 Å². The minimum absolute atomic E-state index is 0.00606. The Morgan fingerprint density at radius 3 is 3.06 bits per heavy atom. The normalized spacial score (nSPS) is 14.6. The van der Waals surface area contributed by atoms with E-state index >= 15 is 0 Å². The Hall–Kier alpha value is -1.71. The molecule has 0 saturated carbocycles. The number of amides is 1. The molecule has 1 heterocycles. The summed E-state index contributed by atoms with van der Waals surface area (Å²) in [5.41, 5.74) is 7.20. The third kappa shape index (κ3) is 1.83. The number of anilines is 2.